The predicted octanol–water partition coefficient (Wildman–Crippen LogP) is 2.73. The lowest BCUT2D eigenvalue weighted by atomic mass is 9.97. The number of piperidine rings is 1. The lowest BCUT2D eigenvalue weighted by molar-refractivity contribution is -0.120. The maximum Gasteiger partial charge on any atom is 0.276 e. The second kappa shape index (κ2) is 9.25. The van der Waals surface area contributed by atoms with Gasteiger partial charge < -0.3 is 14.8 Å². The van der Waals surface area contributed by atoms with E-state index < -0.39 is 10.2 Å². The van der Waals surface area contributed by atoms with Crippen LogP contribution in [0.4, 0.5) is 5.69 Å². The number of amides is 1. The van der Waals surface area contributed by atoms with E-state index in [4.69, 9.17) is 14.6 Å². The lowest BCUT2D eigenvalue weighted by Crippen LogP contribution is -2.44. The molecule has 2 aromatic rings. The minimum Gasteiger partial charge on any atom is -0.494 e. The molecule has 1 amide bonds. The van der Waals surface area contributed by atoms with Gasteiger partial charge in [0.05, 0.1) is 6.61 Å². The van der Waals surface area contributed by atoms with E-state index >= 15 is 0 Å². The summed E-state index contributed by atoms with van der Waals surface area (Å²) < 4.78 is 35.1. The Hall–Kier alpha value is -2.62. The largest absolute Gasteiger partial charge is 0.494 e. The van der Waals surface area contributed by atoms with Crippen LogP contribution in [0.2, 0.25) is 0 Å². The normalized spacial score (nSPS) is 15.7. The maximum absolute atomic E-state index is 12.4. The third kappa shape index (κ3) is 5.93. The molecule has 0 atom stereocenters. The summed E-state index contributed by atoms with van der Waals surface area (Å²) in [6.07, 6.45) is 0.891. The highest BCUT2D eigenvalue weighted by molar-refractivity contribution is 7.86. The molecule has 1 aliphatic rings. The molecule has 2 aromatic carbocycles. The summed E-state index contributed by atoms with van der Waals surface area (Å²) in [4.78, 5) is 12.4. The molecule has 1 saturated heterocycles. The van der Waals surface area contributed by atoms with Crippen molar-refractivity contribution in [3.05, 3.63) is 48.5 Å². The fourth-order valence-corrected chi connectivity index (χ4v) is 3.85. The first-order valence-corrected chi connectivity index (χ1v) is 10.9. The molecular formula is C20H25N3O5S. The van der Waals surface area contributed by atoms with Crippen molar-refractivity contribution in [3.63, 3.8) is 0 Å². The summed E-state index contributed by atoms with van der Waals surface area (Å²) in [5, 5.41) is 7.99. The predicted molar refractivity (Wildman–Crippen MR) is 110 cm³/mol. The number of carbonyl (C=O) groups excluding carboxylic acids is 1. The molecule has 29 heavy (non-hydrogen) atoms. The molecule has 156 valence electrons. The lowest BCUT2D eigenvalue weighted by Gasteiger charge is -2.29. The number of nitrogens with two attached hydrogens (primary N) is 1. The highest BCUT2D eigenvalue weighted by atomic mass is 32.2. The Bertz CT molecular complexity index is 922. The molecule has 0 bridgehead atoms. The van der Waals surface area contributed by atoms with E-state index in [1.807, 2.05) is 31.2 Å². The zero-order valence-electron chi connectivity index (χ0n) is 16.2. The molecule has 3 N–H and O–H groups in total. The molecule has 0 aliphatic carbocycles. The van der Waals surface area contributed by atoms with Crippen LogP contribution in [0.5, 0.6) is 17.2 Å². The SMILES string of the molecule is CCOc1ccc(Oc2ccc(NC(=O)C3CCN(S(N)(=O)=O)CC3)cc2)cc1. The molecule has 0 spiro atoms. The minimum absolute atomic E-state index is 0.126. The molecule has 1 aliphatic heterocycles. The van der Waals surface area contributed by atoms with Crippen LogP contribution in [0.1, 0.15) is 19.8 Å². The smallest absolute Gasteiger partial charge is 0.276 e. The van der Waals surface area contributed by atoms with Crippen LogP contribution >= 0.6 is 0 Å². The quantitative estimate of drug-likeness (QED) is 0.717. The van der Waals surface area contributed by atoms with Gasteiger partial charge in [0.25, 0.3) is 10.2 Å². The number of nitrogens with zero attached hydrogens (tertiary/aromatic N) is 1. The van der Waals surface area contributed by atoms with Gasteiger partial charge in [0.15, 0.2) is 0 Å². The second-order valence-corrected chi connectivity index (χ2v) is 8.28. The maximum atomic E-state index is 12.4. The highest BCUT2D eigenvalue weighted by Gasteiger charge is 2.29. The van der Waals surface area contributed by atoms with Gasteiger partial charge in [-0.3, -0.25) is 4.79 Å². The van der Waals surface area contributed by atoms with Crippen molar-refractivity contribution in [3.8, 4) is 17.2 Å². The fourth-order valence-electron chi connectivity index (χ4n) is 3.13. The molecule has 9 heteroatoms. The molecule has 0 aromatic heterocycles. The Kier molecular flexibility index (Phi) is 6.73. The third-order valence-corrected chi connectivity index (χ3v) is 5.76. The van der Waals surface area contributed by atoms with E-state index in [0.717, 1.165) is 5.75 Å². The molecule has 8 nitrogen and oxygen atoms in total. The van der Waals surface area contributed by atoms with E-state index in [0.29, 0.717) is 36.6 Å². The average Bonchev–Trinajstić information content (AvgIpc) is 2.70. The number of anilines is 1. The number of rotatable bonds is 7. The van der Waals surface area contributed by atoms with Crippen LogP contribution in [-0.4, -0.2) is 38.3 Å². The van der Waals surface area contributed by atoms with Gasteiger partial charge in [-0.15, -0.1) is 0 Å². The van der Waals surface area contributed by atoms with Crippen LogP contribution in [0, 0.1) is 5.92 Å². The summed E-state index contributed by atoms with van der Waals surface area (Å²) in [7, 11) is -3.69. The van der Waals surface area contributed by atoms with Gasteiger partial charge in [0.2, 0.25) is 5.91 Å². The van der Waals surface area contributed by atoms with Crippen molar-refractivity contribution >= 4 is 21.8 Å². The third-order valence-electron chi connectivity index (χ3n) is 4.68. The Balaban J connectivity index is 1.52. The summed E-state index contributed by atoms with van der Waals surface area (Å²) in [6.45, 7) is 3.05. The first-order chi connectivity index (χ1) is 13.8. The van der Waals surface area contributed by atoms with Crippen molar-refractivity contribution < 1.29 is 22.7 Å². The average molecular weight is 420 g/mol. The first kappa shape index (κ1) is 21.1. The van der Waals surface area contributed by atoms with E-state index in [1.165, 1.54) is 4.31 Å². The minimum atomic E-state index is -3.69. The number of hydrogen-bond acceptors (Lipinski definition) is 5. The van der Waals surface area contributed by atoms with E-state index in [2.05, 4.69) is 5.32 Å². The topological polar surface area (TPSA) is 111 Å². The van der Waals surface area contributed by atoms with Gasteiger partial charge in [-0.2, -0.15) is 12.7 Å². The number of benzene rings is 2. The Morgan fingerprint density at radius 1 is 1.03 bits per heavy atom. The number of nitrogens with one attached hydrogen (secondary N) is 1. The van der Waals surface area contributed by atoms with E-state index in [9.17, 15) is 13.2 Å². The summed E-state index contributed by atoms with van der Waals surface area (Å²) in [5.41, 5.74) is 0.655. The standard InChI is InChI=1S/C20H25N3O5S/c1-2-27-17-7-9-19(10-8-17)28-18-5-3-16(4-6-18)22-20(24)15-11-13-23(14-12-15)29(21,25)26/h3-10,15H,2,11-14H2,1H3,(H,22,24)(H2,21,25,26). The fraction of sp³-hybridized carbons (Fsp3) is 0.350. The summed E-state index contributed by atoms with van der Waals surface area (Å²) in [6, 6.07) is 14.4. The van der Waals surface area contributed by atoms with E-state index in [1.54, 1.807) is 24.3 Å². The van der Waals surface area contributed by atoms with Gasteiger partial charge in [0, 0.05) is 24.7 Å². The Labute approximate surface area is 170 Å². The van der Waals surface area contributed by atoms with Gasteiger partial charge in [-0.1, -0.05) is 0 Å². The number of ether oxygens (including phenoxy) is 2. The molecule has 1 fully saturated rings. The molecule has 1 heterocycles. The molecule has 0 radical (unpaired) electrons. The molecule has 3 rings (SSSR count). The Morgan fingerprint density at radius 3 is 2.07 bits per heavy atom. The van der Waals surface area contributed by atoms with Crippen LogP contribution < -0.4 is 19.9 Å². The molecule has 0 unspecified atom stereocenters. The number of hydrogen-bond donors (Lipinski definition) is 2. The zero-order valence-corrected chi connectivity index (χ0v) is 17.0. The van der Waals surface area contributed by atoms with Crippen LogP contribution in [-0.2, 0) is 15.0 Å². The Morgan fingerprint density at radius 2 is 1.55 bits per heavy atom. The van der Waals surface area contributed by atoms with Crippen molar-refractivity contribution in [2.75, 3.05) is 25.0 Å². The van der Waals surface area contributed by atoms with Crippen molar-refractivity contribution in [1.29, 1.82) is 0 Å². The monoisotopic (exact) mass is 419 g/mol. The van der Waals surface area contributed by atoms with Crippen LogP contribution in [0.15, 0.2) is 48.5 Å². The van der Waals surface area contributed by atoms with Crippen molar-refractivity contribution in [2.24, 2.45) is 11.1 Å². The zero-order chi connectivity index (χ0) is 20.9. The second-order valence-electron chi connectivity index (χ2n) is 6.74. The molecular weight excluding hydrogens is 394 g/mol. The summed E-state index contributed by atoms with van der Waals surface area (Å²) in [5.74, 6) is 1.75. The van der Waals surface area contributed by atoms with Crippen LogP contribution in [0.3, 0.4) is 0 Å². The van der Waals surface area contributed by atoms with Gasteiger partial charge >= 0.3 is 0 Å². The van der Waals surface area contributed by atoms with Gasteiger partial charge in [-0.05, 0) is 68.3 Å². The number of carbonyl (C=O) groups is 1. The van der Waals surface area contributed by atoms with Crippen molar-refractivity contribution in [1.82, 2.24) is 4.31 Å². The van der Waals surface area contributed by atoms with Gasteiger partial charge in [0.1, 0.15) is 17.2 Å². The molecule has 0 saturated carbocycles. The van der Waals surface area contributed by atoms with Crippen LogP contribution in [0.25, 0.3) is 0 Å². The van der Waals surface area contributed by atoms with Gasteiger partial charge in [-0.25, -0.2) is 5.14 Å². The first-order valence-electron chi connectivity index (χ1n) is 9.44. The van der Waals surface area contributed by atoms with Crippen molar-refractivity contribution in [2.45, 2.75) is 19.8 Å². The highest BCUT2D eigenvalue weighted by Crippen LogP contribution is 2.26. The summed E-state index contributed by atoms with van der Waals surface area (Å²) >= 11 is 0. The van der Waals surface area contributed by atoms with E-state index in [-0.39, 0.29) is 24.9 Å².